The van der Waals surface area contributed by atoms with E-state index < -0.39 is 0 Å². The van der Waals surface area contributed by atoms with E-state index in [4.69, 9.17) is 4.74 Å². The molecule has 2 unspecified atom stereocenters. The normalized spacial score (nSPS) is 25.1. The molecule has 0 aromatic heterocycles. The number of benzene rings is 1. The Balaban J connectivity index is 1.76. The van der Waals surface area contributed by atoms with Crippen LogP contribution in [0.5, 0.6) is 5.75 Å². The van der Waals surface area contributed by atoms with Crippen LogP contribution in [0.3, 0.4) is 0 Å². The maximum Gasteiger partial charge on any atom is 0.255 e. The van der Waals surface area contributed by atoms with Crippen LogP contribution in [0.25, 0.3) is 0 Å². The van der Waals surface area contributed by atoms with Gasteiger partial charge in [-0.15, -0.1) is 0 Å². The van der Waals surface area contributed by atoms with Crippen molar-refractivity contribution in [2.45, 2.75) is 32.2 Å². The topological polar surface area (TPSA) is 50.4 Å². The third-order valence-electron chi connectivity index (χ3n) is 3.95. The van der Waals surface area contributed by atoms with Crippen molar-refractivity contribution >= 4 is 11.6 Å². The number of carbonyl (C=O) groups excluding carboxylic acids is 1. The molecule has 102 valence electrons. The molecular formula is C15H20N2O2. The first-order valence-corrected chi connectivity index (χ1v) is 7.04. The number of para-hydroxylation sites is 1. The van der Waals surface area contributed by atoms with Crippen molar-refractivity contribution in [2.75, 3.05) is 18.5 Å². The van der Waals surface area contributed by atoms with E-state index in [9.17, 15) is 4.79 Å². The van der Waals surface area contributed by atoms with Crippen molar-refractivity contribution in [3.63, 3.8) is 0 Å². The van der Waals surface area contributed by atoms with Crippen LogP contribution in [0.1, 0.15) is 36.5 Å². The molecule has 1 saturated carbocycles. The lowest BCUT2D eigenvalue weighted by molar-refractivity contribution is 0.0933. The fourth-order valence-electron chi connectivity index (χ4n) is 2.95. The fourth-order valence-corrected chi connectivity index (χ4v) is 2.95. The average molecular weight is 260 g/mol. The van der Waals surface area contributed by atoms with Gasteiger partial charge in [0.05, 0.1) is 11.3 Å². The summed E-state index contributed by atoms with van der Waals surface area (Å²) in [6, 6.07) is 5.99. The Kier molecular flexibility index (Phi) is 3.32. The lowest BCUT2D eigenvalue weighted by Gasteiger charge is -2.22. The predicted octanol–water partition coefficient (Wildman–Crippen LogP) is 2.41. The summed E-state index contributed by atoms with van der Waals surface area (Å²) in [5, 5.41) is 6.38. The van der Waals surface area contributed by atoms with E-state index in [0.717, 1.165) is 25.1 Å². The van der Waals surface area contributed by atoms with Gasteiger partial charge in [0.15, 0.2) is 5.75 Å². The summed E-state index contributed by atoms with van der Waals surface area (Å²) in [6.07, 6.45) is 3.37. The molecule has 1 aromatic rings. The molecule has 0 spiro atoms. The molecule has 1 aliphatic heterocycles. The van der Waals surface area contributed by atoms with Gasteiger partial charge >= 0.3 is 0 Å². The first-order valence-electron chi connectivity index (χ1n) is 7.04. The number of fused-ring (bicyclic) bond motifs is 1. The molecule has 1 heterocycles. The minimum absolute atomic E-state index is 0.0142. The Morgan fingerprint density at radius 1 is 1.42 bits per heavy atom. The fraction of sp³-hybridized carbons (Fsp3) is 0.533. The van der Waals surface area contributed by atoms with Gasteiger partial charge in [0.1, 0.15) is 6.61 Å². The van der Waals surface area contributed by atoms with Crippen LogP contribution in [0.15, 0.2) is 18.2 Å². The first-order chi connectivity index (χ1) is 9.24. The first kappa shape index (κ1) is 12.3. The highest BCUT2D eigenvalue weighted by molar-refractivity contribution is 5.99. The minimum atomic E-state index is -0.0142. The number of anilines is 1. The van der Waals surface area contributed by atoms with Gasteiger partial charge in [0.25, 0.3) is 5.91 Å². The Bertz CT molecular complexity index is 487. The highest BCUT2D eigenvalue weighted by atomic mass is 16.5. The number of carbonyl (C=O) groups is 1. The number of rotatable bonds is 2. The molecule has 2 aliphatic rings. The lowest BCUT2D eigenvalue weighted by atomic mass is 10.1. The van der Waals surface area contributed by atoms with Crippen LogP contribution < -0.4 is 15.4 Å². The molecule has 19 heavy (non-hydrogen) atoms. The predicted molar refractivity (Wildman–Crippen MR) is 74.7 cm³/mol. The number of ether oxygens (including phenoxy) is 1. The van der Waals surface area contributed by atoms with Crippen LogP contribution in [0.4, 0.5) is 5.69 Å². The second-order valence-corrected chi connectivity index (χ2v) is 5.55. The van der Waals surface area contributed by atoms with E-state index in [0.29, 0.717) is 29.9 Å². The molecule has 3 rings (SSSR count). The summed E-state index contributed by atoms with van der Waals surface area (Å²) < 4.78 is 5.64. The van der Waals surface area contributed by atoms with E-state index in [-0.39, 0.29) is 5.91 Å². The third kappa shape index (κ3) is 2.53. The van der Waals surface area contributed by atoms with E-state index in [2.05, 4.69) is 17.6 Å². The zero-order valence-electron chi connectivity index (χ0n) is 11.2. The van der Waals surface area contributed by atoms with E-state index in [1.54, 1.807) is 0 Å². The van der Waals surface area contributed by atoms with Crippen molar-refractivity contribution in [3.8, 4) is 5.75 Å². The molecule has 1 amide bonds. The van der Waals surface area contributed by atoms with Crippen molar-refractivity contribution < 1.29 is 9.53 Å². The molecule has 0 bridgehead atoms. The minimum Gasteiger partial charge on any atom is -0.489 e. The van der Waals surface area contributed by atoms with Gasteiger partial charge in [0, 0.05) is 12.6 Å². The molecule has 4 heteroatoms. The maximum atomic E-state index is 12.4. The molecule has 4 nitrogen and oxygen atoms in total. The summed E-state index contributed by atoms with van der Waals surface area (Å²) in [5.41, 5.74) is 1.56. The van der Waals surface area contributed by atoms with Crippen LogP contribution in [0, 0.1) is 5.92 Å². The Labute approximate surface area is 113 Å². The van der Waals surface area contributed by atoms with Gasteiger partial charge in [0.2, 0.25) is 0 Å². The summed E-state index contributed by atoms with van der Waals surface area (Å²) >= 11 is 0. The smallest absolute Gasteiger partial charge is 0.255 e. The highest BCUT2D eigenvalue weighted by Crippen LogP contribution is 2.32. The molecule has 0 saturated heterocycles. The summed E-state index contributed by atoms with van der Waals surface area (Å²) in [5.74, 6) is 1.39. The maximum absolute atomic E-state index is 12.4. The Morgan fingerprint density at radius 2 is 2.32 bits per heavy atom. The number of amides is 1. The lowest BCUT2D eigenvalue weighted by Crippen LogP contribution is -2.33. The number of hydrogen-bond acceptors (Lipinski definition) is 3. The molecule has 1 aliphatic carbocycles. The van der Waals surface area contributed by atoms with Crippen LogP contribution in [-0.4, -0.2) is 25.1 Å². The second kappa shape index (κ2) is 5.11. The van der Waals surface area contributed by atoms with Crippen LogP contribution in [0.2, 0.25) is 0 Å². The Hall–Kier alpha value is -1.71. The van der Waals surface area contributed by atoms with E-state index in [1.165, 1.54) is 6.42 Å². The van der Waals surface area contributed by atoms with Gasteiger partial charge in [-0.25, -0.2) is 0 Å². The van der Waals surface area contributed by atoms with Crippen molar-refractivity contribution in [1.82, 2.24) is 5.32 Å². The second-order valence-electron chi connectivity index (χ2n) is 5.55. The molecule has 1 aromatic carbocycles. The van der Waals surface area contributed by atoms with Gasteiger partial charge in [-0.05, 0) is 37.3 Å². The van der Waals surface area contributed by atoms with Gasteiger partial charge in [-0.3, -0.25) is 4.79 Å². The molecule has 2 N–H and O–H groups in total. The molecular weight excluding hydrogens is 240 g/mol. The van der Waals surface area contributed by atoms with Crippen LogP contribution >= 0.6 is 0 Å². The zero-order valence-corrected chi connectivity index (χ0v) is 11.2. The largest absolute Gasteiger partial charge is 0.489 e. The quantitative estimate of drug-likeness (QED) is 0.858. The van der Waals surface area contributed by atoms with E-state index in [1.807, 2.05) is 18.2 Å². The van der Waals surface area contributed by atoms with Crippen molar-refractivity contribution in [1.29, 1.82) is 0 Å². The van der Waals surface area contributed by atoms with Crippen molar-refractivity contribution in [2.24, 2.45) is 5.92 Å². The van der Waals surface area contributed by atoms with Gasteiger partial charge in [-0.1, -0.05) is 13.0 Å². The monoisotopic (exact) mass is 260 g/mol. The van der Waals surface area contributed by atoms with Crippen molar-refractivity contribution in [3.05, 3.63) is 23.8 Å². The Morgan fingerprint density at radius 3 is 3.11 bits per heavy atom. The molecule has 0 radical (unpaired) electrons. The van der Waals surface area contributed by atoms with E-state index >= 15 is 0 Å². The van der Waals surface area contributed by atoms with Gasteiger partial charge < -0.3 is 15.4 Å². The summed E-state index contributed by atoms with van der Waals surface area (Å²) in [6.45, 7) is 3.64. The molecule has 1 fully saturated rings. The summed E-state index contributed by atoms with van der Waals surface area (Å²) in [4.78, 5) is 12.4. The molecule has 2 atom stereocenters. The van der Waals surface area contributed by atoms with Crippen LogP contribution in [-0.2, 0) is 0 Å². The average Bonchev–Trinajstić information content (AvgIpc) is 2.83. The SMILES string of the molecule is CC1CCC(NC(=O)c2cccc3c2OCCN3)C1. The number of nitrogens with one attached hydrogen (secondary N) is 2. The standard InChI is InChI=1S/C15H20N2O2/c1-10-5-6-11(9-10)17-15(18)12-3-2-4-13-14(12)19-8-7-16-13/h2-4,10-11,16H,5-9H2,1H3,(H,17,18). The highest BCUT2D eigenvalue weighted by Gasteiger charge is 2.25. The zero-order chi connectivity index (χ0) is 13.2. The number of hydrogen-bond donors (Lipinski definition) is 2. The third-order valence-corrected chi connectivity index (χ3v) is 3.95. The van der Waals surface area contributed by atoms with Gasteiger partial charge in [-0.2, -0.15) is 0 Å². The summed E-state index contributed by atoms with van der Waals surface area (Å²) in [7, 11) is 0.